The van der Waals surface area contributed by atoms with Crippen LogP contribution < -0.4 is 24.9 Å². The average Bonchev–Trinajstić information content (AvgIpc) is 3.42. The first kappa shape index (κ1) is 20.7. The molecule has 0 spiro atoms. The second-order valence-electron chi connectivity index (χ2n) is 8.66. The molecule has 2 aromatic heterocycles. The van der Waals surface area contributed by atoms with Crippen LogP contribution in [0.4, 0.5) is 5.69 Å². The number of para-hydroxylation sites is 2. The summed E-state index contributed by atoms with van der Waals surface area (Å²) in [4.78, 5) is 32.7. The number of carbonyl (C=O) groups is 1. The molecule has 3 unspecified atom stereocenters. The quantitative estimate of drug-likeness (QED) is 0.497. The predicted octanol–water partition coefficient (Wildman–Crippen LogP) is 3.23. The fraction of sp³-hybridized carbons (Fsp3) is 0.192. The van der Waals surface area contributed by atoms with Crippen LogP contribution in [0.5, 0.6) is 5.75 Å². The minimum absolute atomic E-state index is 0.192. The lowest BCUT2D eigenvalue weighted by atomic mass is 9.80. The highest BCUT2D eigenvalue weighted by molar-refractivity contribution is 7.07. The zero-order valence-corrected chi connectivity index (χ0v) is 19.3. The maximum atomic E-state index is 13.7. The van der Waals surface area contributed by atoms with E-state index in [-0.39, 0.29) is 11.5 Å². The first-order chi connectivity index (χ1) is 16.4. The van der Waals surface area contributed by atoms with Crippen LogP contribution in [-0.2, 0) is 4.79 Å². The molecule has 0 aliphatic carbocycles. The molecule has 2 aliphatic heterocycles. The number of nitrogens with one attached hydrogen (secondary N) is 1. The summed E-state index contributed by atoms with van der Waals surface area (Å²) >= 11 is 1.29. The Morgan fingerprint density at radius 1 is 1.18 bits per heavy atom. The molecule has 0 radical (unpaired) electrons. The molecular weight excluding hydrogens is 450 g/mol. The molecule has 2 aliphatic rings. The third-order valence-electron chi connectivity index (χ3n) is 6.41. The molecule has 3 atom stereocenters. The van der Waals surface area contributed by atoms with Crippen molar-refractivity contribution < 1.29 is 13.9 Å². The van der Waals surface area contributed by atoms with Gasteiger partial charge in [-0.05, 0) is 43.7 Å². The Labute approximate surface area is 198 Å². The molecule has 170 valence electrons. The summed E-state index contributed by atoms with van der Waals surface area (Å²) in [5.74, 6) is -0.365. The van der Waals surface area contributed by atoms with Crippen LogP contribution in [-0.4, -0.2) is 16.2 Å². The molecule has 1 amide bonds. The van der Waals surface area contributed by atoms with Gasteiger partial charge in [-0.25, -0.2) is 4.99 Å². The number of aryl methyl sites for hydroxylation is 1. The highest BCUT2D eigenvalue weighted by Gasteiger charge is 2.55. The summed E-state index contributed by atoms with van der Waals surface area (Å²) in [6, 6.07) is 16.4. The maximum absolute atomic E-state index is 13.7. The summed E-state index contributed by atoms with van der Waals surface area (Å²) in [5.41, 5.74) is 1.88. The van der Waals surface area contributed by atoms with Gasteiger partial charge in [0.15, 0.2) is 4.80 Å². The number of anilines is 1. The van der Waals surface area contributed by atoms with Gasteiger partial charge in [0.05, 0.1) is 23.1 Å². The molecule has 4 aromatic rings. The standard InChI is InChI=1S/C26H21N3O4S/c1-15-7-3-5-9-18(15)27-23(30)21-22-17-8-4-6-10-19(17)33-26(21,2)28-25-29(22)24(31)20(34-25)13-16-11-12-32-14-16/h3-14,21-22H,1-2H3,(H,27,30). The van der Waals surface area contributed by atoms with E-state index in [1.807, 2.05) is 62.4 Å². The van der Waals surface area contributed by atoms with E-state index >= 15 is 0 Å². The molecule has 6 rings (SSSR count). The number of rotatable bonds is 3. The van der Waals surface area contributed by atoms with Crippen molar-refractivity contribution in [3.05, 3.63) is 104 Å². The largest absolute Gasteiger partial charge is 0.472 e. The van der Waals surface area contributed by atoms with Crippen LogP contribution in [0.25, 0.3) is 6.08 Å². The van der Waals surface area contributed by atoms with Gasteiger partial charge in [0, 0.05) is 16.8 Å². The summed E-state index contributed by atoms with van der Waals surface area (Å²) < 4.78 is 13.6. The number of thiazole rings is 1. The van der Waals surface area contributed by atoms with Crippen molar-refractivity contribution in [2.75, 3.05) is 5.32 Å². The van der Waals surface area contributed by atoms with E-state index in [9.17, 15) is 9.59 Å². The number of furan rings is 1. The van der Waals surface area contributed by atoms with Crippen molar-refractivity contribution in [2.45, 2.75) is 25.6 Å². The monoisotopic (exact) mass is 471 g/mol. The first-order valence-corrected chi connectivity index (χ1v) is 11.8. The van der Waals surface area contributed by atoms with Gasteiger partial charge in [0.25, 0.3) is 5.56 Å². The summed E-state index contributed by atoms with van der Waals surface area (Å²) in [6.45, 7) is 3.75. The highest BCUT2D eigenvalue weighted by atomic mass is 32.1. The minimum Gasteiger partial charge on any atom is -0.472 e. The molecule has 0 fully saturated rings. The van der Waals surface area contributed by atoms with Crippen LogP contribution in [0, 0.1) is 12.8 Å². The first-order valence-electron chi connectivity index (χ1n) is 10.9. The molecule has 8 heteroatoms. The third kappa shape index (κ3) is 3.13. The molecule has 2 aromatic carbocycles. The average molecular weight is 472 g/mol. The van der Waals surface area contributed by atoms with E-state index < -0.39 is 17.7 Å². The van der Waals surface area contributed by atoms with Crippen molar-refractivity contribution in [3.63, 3.8) is 0 Å². The highest BCUT2D eigenvalue weighted by Crippen LogP contribution is 2.47. The van der Waals surface area contributed by atoms with Gasteiger partial charge in [-0.3, -0.25) is 14.2 Å². The van der Waals surface area contributed by atoms with Gasteiger partial charge in [-0.15, -0.1) is 0 Å². The number of ether oxygens (including phenoxy) is 1. The Morgan fingerprint density at radius 3 is 2.76 bits per heavy atom. The summed E-state index contributed by atoms with van der Waals surface area (Å²) in [5, 5.41) is 3.05. The molecule has 7 nitrogen and oxygen atoms in total. The van der Waals surface area contributed by atoms with Gasteiger partial charge >= 0.3 is 0 Å². The summed E-state index contributed by atoms with van der Waals surface area (Å²) in [7, 11) is 0. The van der Waals surface area contributed by atoms with E-state index in [1.54, 1.807) is 29.2 Å². The second-order valence-corrected chi connectivity index (χ2v) is 9.67. The SMILES string of the molecule is Cc1ccccc1NC(=O)C1C2c3ccccc3OC1(C)N=c1sc(=Cc3ccoc3)c(=O)n12. The van der Waals surface area contributed by atoms with Crippen LogP contribution in [0.3, 0.4) is 0 Å². The zero-order valence-electron chi connectivity index (χ0n) is 18.5. The lowest BCUT2D eigenvalue weighted by Gasteiger charge is -2.45. The van der Waals surface area contributed by atoms with Crippen molar-refractivity contribution in [1.82, 2.24) is 4.57 Å². The molecule has 0 saturated heterocycles. The number of nitrogens with zero attached hydrogens (tertiary/aromatic N) is 2. The van der Waals surface area contributed by atoms with Gasteiger partial charge in [0.2, 0.25) is 11.6 Å². The fourth-order valence-corrected chi connectivity index (χ4v) is 5.87. The van der Waals surface area contributed by atoms with Crippen LogP contribution >= 0.6 is 11.3 Å². The Hall–Kier alpha value is -3.91. The number of benzene rings is 2. The van der Waals surface area contributed by atoms with Gasteiger partial charge in [-0.2, -0.15) is 0 Å². The van der Waals surface area contributed by atoms with E-state index in [4.69, 9.17) is 14.1 Å². The number of amides is 1. The number of hydrogen-bond acceptors (Lipinski definition) is 6. The van der Waals surface area contributed by atoms with Crippen LogP contribution in [0.1, 0.15) is 29.7 Å². The van der Waals surface area contributed by atoms with Gasteiger partial charge in [-0.1, -0.05) is 47.7 Å². The lowest BCUT2D eigenvalue weighted by Crippen LogP contribution is -2.59. The smallest absolute Gasteiger partial charge is 0.270 e. The molecule has 1 N–H and O–H groups in total. The van der Waals surface area contributed by atoms with E-state index in [2.05, 4.69) is 5.32 Å². The maximum Gasteiger partial charge on any atom is 0.270 e. The molecule has 34 heavy (non-hydrogen) atoms. The molecular formula is C26H21N3O4S. The number of carbonyl (C=O) groups excluding carboxylic acids is 1. The Kier molecular flexibility index (Phi) is 4.60. The van der Waals surface area contributed by atoms with E-state index in [1.165, 1.54) is 11.3 Å². The normalized spacial score (nSPS) is 22.8. The molecule has 4 heterocycles. The number of aromatic nitrogens is 1. The van der Waals surface area contributed by atoms with Crippen molar-refractivity contribution >= 4 is 29.0 Å². The molecule has 2 bridgehead atoms. The second kappa shape index (κ2) is 7.56. The van der Waals surface area contributed by atoms with E-state index in [0.717, 1.165) is 22.4 Å². The molecule has 0 saturated carbocycles. The summed E-state index contributed by atoms with van der Waals surface area (Å²) in [6.07, 6.45) is 4.92. The third-order valence-corrected chi connectivity index (χ3v) is 7.39. The number of hydrogen-bond donors (Lipinski definition) is 1. The minimum atomic E-state index is -1.17. The van der Waals surface area contributed by atoms with Crippen molar-refractivity contribution in [2.24, 2.45) is 10.9 Å². The zero-order chi connectivity index (χ0) is 23.4. The van der Waals surface area contributed by atoms with Crippen molar-refractivity contribution in [3.8, 4) is 5.75 Å². The Morgan fingerprint density at radius 2 is 1.97 bits per heavy atom. The lowest BCUT2D eigenvalue weighted by molar-refractivity contribution is -0.131. The fourth-order valence-electron chi connectivity index (χ4n) is 4.78. The van der Waals surface area contributed by atoms with Gasteiger partial charge < -0.3 is 14.5 Å². The van der Waals surface area contributed by atoms with Crippen LogP contribution in [0.15, 0.2) is 81.3 Å². The van der Waals surface area contributed by atoms with Crippen LogP contribution in [0.2, 0.25) is 0 Å². The Balaban J connectivity index is 1.55. The van der Waals surface area contributed by atoms with Gasteiger partial charge in [0.1, 0.15) is 11.7 Å². The van der Waals surface area contributed by atoms with E-state index in [0.29, 0.717) is 15.1 Å². The number of fused-ring (bicyclic) bond motifs is 6. The topological polar surface area (TPSA) is 85.8 Å². The van der Waals surface area contributed by atoms with Crippen molar-refractivity contribution in [1.29, 1.82) is 0 Å². The predicted molar refractivity (Wildman–Crippen MR) is 129 cm³/mol. The Bertz CT molecular complexity index is 1600.